The molecule has 0 N–H and O–H groups in total. The first kappa shape index (κ1) is 22.3. The highest BCUT2D eigenvalue weighted by Crippen LogP contribution is 2.69. The van der Waals surface area contributed by atoms with Crippen molar-refractivity contribution in [1.29, 1.82) is 0 Å². The van der Waals surface area contributed by atoms with Gasteiger partial charge in [0, 0.05) is 0 Å². The van der Waals surface area contributed by atoms with E-state index < -0.39 is 0 Å². The zero-order valence-electron chi connectivity index (χ0n) is 20.2. The second-order valence-corrected chi connectivity index (χ2v) is 12.3. The van der Waals surface area contributed by atoms with Gasteiger partial charge in [-0.25, -0.2) is 4.89 Å². The lowest BCUT2D eigenvalue weighted by molar-refractivity contribution is -0.337. The molecule has 6 rings (SSSR count). The van der Waals surface area contributed by atoms with E-state index in [1.165, 1.54) is 32.1 Å². The van der Waals surface area contributed by atoms with Crippen LogP contribution in [0.5, 0.6) is 0 Å². The Morgan fingerprint density at radius 1 is 0.879 bits per heavy atom. The van der Waals surface area contributed by atoms with Crippen LogP contribution in [-0.4, -0.2) is 31.4 Å². The summed E-state index contributed by atoms with van der Waals surface area (Å²) in [6.07, 6.45) is 10.5. The molecule has 184 valence electrons. The standard InChI is InChI=1S/C27H40O6/c1-3-14(2)26(28)33-23-11-18-10-22(23)25-20-8-17(24(18)25)9-21(20)27(29)30-13-32-31-12-19-7-15-4-5-16(19)6-15/h14-25H,3-13H2,1-2H3. The topological polar surface area (TPSA) is 71.1 Å². The quantitative estimate of drug-likeness (QED) is 0.123. The van der Waals surface area contributed by atoms with Crippen molar-refractivity contribution < 1.29 is 28.8 Å². The van der Waals surface area contributed by atoms with Crippen LogP contribution >= 0.6 is 0 Å². The summed E-state index contributed by atoms with van der Waals surface area (Å²) in [5.74, 6) is 5.43. The molecular formula is C27H40O6. The van der Waals surface area contributed by atoms with Crippen molar-refractivity contribution in [3.8, 4) is 0 Å². The molecule has 12 atom stereocenters. The van der Waals surface area contributed by atoms with E-state index in [0.717, 1.165) is 43.4 Å². The molecule has 0 aromatic rings. The van der Waals surface area contributed by atoms with Crippen LogP contribution in [0.15, 0.2) is 0 Å². The molecule has 0 aliphatic heterocycles. The average molecular weight is 461 g/mol. The number of rotatable bonds is 9. The molecule has 0 heterocycles. The van der Waals surface area contributed by atoms with Gasteiger partial charge in [-0.1, -0.05) is 20.3 Å². The fraction of sp³-hybridized carbons (Fsp3) is 0.926. The van der Waals surface area contributed by atoms with E-state index in [-0.39, 0.29) is 36.7 Å². The van der Waals surface area contributed by atoms with Gasteiger partial charge < -0.3 is 9.47 Å². The number of fused-ring (bicyclic) bond motifs is 11. The highest BCUT2D eigenvalue weighted by molar-refractivity contribution is 5.74. The minimum atomic E-state index is -0.125. The molecule has 0 aromatic heterocycles. The van der Waals surface area contributed by atoms with Crippen molar-refractivity contribution in [1.82, 2.24) is 0 Å². The highest BCUT2D eigenvalue weighted by atomic mass is 17.2. The number of carbonyl (C=O) groups is 2. The number of esters is 2. The van der Waals surface area contributed by atoms with Crippen molar-refractivity contribution in [2.45, 2.75) is 77.7 Å². The molecule has 33 heavy (non-hydrogen) atoms. The van der Waals surface area contributed by atoms with Gasteiger partial charge in [0.2, 0.25) is 6.79 Å². The molecule has 0 amide bonds. The summed E-state index contributed by atoms with van der Waals surface area (Å²) in [5, 5.41) is 0. The lowest BCUT2D eigenvalue weighted by Gasteiger charge is -2.40. The Bertz CT molecular complexity index is 768. The normalized spacial score (nSPS) is 47.2. The summed E-state index contributed by atoms with van der Waals surface area (Å²) in [4.78, 5) is 36.0. The van der Waals surface area contributed by atoms with Crippen molar-refractivity contribution in [2.75, 3.05) is 13.4 Å². The Labute approximate surface area is 197 Å². The summed E-state index contributed by atoms with van der Waals surface area (Å²) in [6, 6.07) is 0. The number of ether oxygens (including phenoxy) is 2. The van der Waals surface area contributed by atoms with Crippen LogP contribution < -0.4 is 0 Å². The van der Waals surface area contributed by atoms with Gasteiger partial charge in [0.1, 0.15) is 6.10 Å². The Hall–Kier alpha value is -1.14. The first-order valence-electron chi connectivity index (χ1n) is 13.6. The van der Waals surface area contributed by atoms with Crippen LogP contribution in [-0.2, 0) is 28.8 Å². The Morgan fingerprint density at radius 2 is 1.70 bits per heavy atom. The molecule has 6 heteroatoms. The lowest BCUT2D eigenvalue weighted by atomic mass is 9.67. The zero-order chi connectivity index (χ0) is 22.7. The molecule has 6 aliphatic carbocycles. The maximum absolute atomic E-state index is 12.9. The van der Waals surface area contributed by atoms with E-state index in [2.05, 4.69) is 0 Å². The molecule has 12 unspecified atom stereocenters. The monoisotopic (exact) mass is 460 g/mol. The predicted octanol–water partition coefficient (Wildman–Crippen LogP) is 4.76. The van der Waals surface area contributed by atoms with Crippen LogP contribution in [0.3, 0.4) is 0 Å². The largest absolute Gasteiger partial charge is 0.462 e. The van der Waals surface area contributed by atoms with Crippen molar-refractivity contribution in [3.05, 3.63) is 0 Å². The molecule has 0 saturated heterocycles. The fourth-order valence-corrected chi connectivity index (χ4v) is 9.32. The highest BCUT2D eigenvalue weighted by Gasteiger charge is 2.66. The lowest BCUT2D eigenvalue weighted by Crippen LogP contribution is -2.42. The number of hydrogen-bond acceptors (Lipinski definition) is 6. The zero-order valence-corrected chi connectivity index (χ0v) is 20.2. The molecule has 6 bridgehead atoms. The Morgan fingerprint density at radius 3 is 2.45 bits per heavy atom. The maximum atomic E-state index is 12.9. The minimum absolute atomic E-state index is 0.0318. The molecular weight excluding hydrogens is 420 g/mol. The third kappa shape index (κ3) is 3.84. The fourth-order valence-electron chi connectivity index (χ4n) is 9.32. The SMILES string of the molecule is CCC(C)C(=O)OC1CC2CC1C1C3CC(CC3C(=O)OCOOCC3CC4CCC3C4)C21. The van der Waals surface area contributed by atoms with E-state index in [0.29, 0.717) is 42.1 Å². The van der Waals surface area contributed by atoms with Crippen molar-refractivity contribution in [3.63, 3.8) is 0 Å². The Balaban J connectivity index is 0.976. The molecule has 0 spiro atoms. The first-order valence-corrected chi connectivity index (χ1v) is 13.6. The average Bonchev–Trinajstić information content (AvgIpc) is 3.63. The van der Waals surface area contributed by atoms with Gasteiger partial charge in [0.15, 0.2) is 0 Å². The van der Waals surface area contributed by atoms with E-state index in [9.17, 15) is 9.59 Å². The molecule has 6 aliphatic rings. The van der Waals surface area contributed by atoms with Crippen LogP contribution in [0.1, 0.15) is 71.6 Å². The number of carbonyl (C=O) groups excluding carboxylic acids is 2. The minimum Gasteiger partial charge on any atom is -0.462 e. The number of hydrogen-bond donors (Lipinski definition) is 0. The first-order chi connectivity index (χ1) is 16.0. The Kier molecular flexibility index (Phi) is 5.97. The third-order valence-corrected chi connectivity index (χ3v) is 10.8. The van der Waals surface area contributed by atoms with Gasteiger partial charge >= 0.3 is 11.9 Å². The van der Waals surface area contributed by atoms with Crippen LogP contribution in [0.4, 0.5) is 0 Å². The molecule has 6 saturated carbocycles. The van der Waals surface area contributed by atoms with Crippen LogP contribution in [0, 0.1) is 65.1 Å². The smallest absolute Gasteiger partial charge is 0.311 e. The van der Waals surface area contributed by atoms with Crippen molar-refractivity contribution >= 4 is 11.9 Å². The maximum Gasteiger partial charge on any atom is 0.311 e. The van der Waals surface area contributed by atoms with E-state index >= 15 is 0 Å². The predicted molar refractivity (Wildman–Crippen MR) is 119 cm³/mol. The van der Waals surface area contributed by atoms with Crippen LogP contribution in [0.25, 0.3) is 0 Å². The molecule has 0 aromatic carbocycles. The molecule has 0 radical (unpaired) electrons. The summed E-state index contributed by atoms with van der Waals surface area (Å²) >= 11 is 0. The van der Waals surface area contributed by atoms with E-state index in [1.54, 1.807) is 0 Å². The van der Waals surface area contributed by atoms with Gasteiger partial charge in [0.05, 0.1) is 18.4 Å². The van der Waals surface area contributed by atoms with Gasteiger partial charge in [-0.2, -0.15) is 4.89 Å². The van der Waals surface area contributed by atoms with E-state index in [4.69, 9.17) is 19.2 Å². The molecule has 6 fully saturated rings. The van der Waals surface area contributed by atoms with Crippen LogP contribution in [0.2, 0.25) is 0 Å². The summed E-state index contributed by atoms with van der Waals surface area (Å²) in [5.41, 5.74) is 0. The van der Waals surface area contributed by atoms with Gasteiger partial charge in [-0.3, -0.25) is 9.59 Å². The van der Waals surface area contributed by atoms with Gasteiger partial charge in [0.25, 0.3) is 0 Å². The third-order valence-electron chi connectivity index (χ3n) is 10.8. The molecule has 6 nitrogen and oxygen atoms in total. The second kappa shape index (κ2) is 8.82. The van der Waals surface area contributed by atoms with Gasteiger partial charge in [-0.15, -0.1) is 0 Å². The van der Waals surface area contributed by atoms with E-state index in [1.807, 2.05) is 13.8 Å². The van der Waals surface area contributed by atoms with Crippen molar-refractivity contribution in [2.24, 2.45) is 65.1 Å². The summed E-state index contributed by atoms with van der Waals surface area (Å²) in [6.45, 7) is 4.49. The van der Waals surface area contributed by atoms with Gasteiger partial charge in [-0.05, 0) is 105 Å². The second-order valence-electron chi connectivity index (χ2n) is 12.3. The summed E-state index contributed by atoms with van der Waals surface area (Å²) in [7, 11) is 0. The summed E-state index contributed by atoms with van der Waals surface area (Å²) < 4.78 is 11.5.